The van der Waals surface area contributed by atoms with Gasteiger partial charge in [-0.1, -0.05) is 12.1 Å². The second-order valence-electron chi connectivity index (χ2n) is 5.70. The second-order valence-corrected chi connectivity index (χ2v) is 6.55. The summed E-state index contributed by atoms with van der Waals surface area (Å²) in [6.45, 7) is 2.42. The molecular formula is C18H19F2N3OS. The summed E-state index contributed by atoms with van der Waals surface area (Å²) in [5, 5.41) is 2.45. The first-order valence-corrected chi connectivity index (χ1v) is 9.20. The highest BCUT2D eigenvalue weighted by atomic mass is 32.2. The number of amides is 2. The summed E-state index contributed by atoms with van der Waals surface area (Å²) in [5.41, 5.74) is 1.02. The molecule has 0 unspecified atom stereocenters. The molecule has 1 saturated heterocycles. The molecule has 2 aromatic carbocycles. The van der Waals surface area contributed by atoms with E-state index in [2.05, 4.69) is 22.3 Å². The molecule has 1 aliphatic heterocycles. The quantitative estimate of drug-likeness (QED) is 0.836. The van der Waals surface area contributed by atoms with E-state index in [1.807, 2.05) is 18.4 Å². The molecule has 0 saturated carbocycles. The Morgan fingerprint density at radius 2 is 1.80 bits per heavy atom. The van der Waals surface area contributed by atoms with Crippen molar-refractivity contribution in [3.05, 3.63) is 54.1 Å². The van der Waals surface area contributed by atoms with Gasteiger partial charge >= 0.3 is 6.03 Å². The molecule has 2 amide bonds. The number of carbonyl (C=O) groups excluding carboxylic acids is 1. The zero-order valence-electron chi connectivity index (χ0n) is 13.8. The molecule has 1 N–H and O–H groups in total. The Bertz CT molecular complexity index is 764. The lowest BCUT2D eigenvalue weighted by Crippen LogP contribution is -2.50. The monoisotopic (exact) mass is 363 g/mol. The van der Waals surface area contributed by atoms with Crippen LogP contribution in [0, 0.1) is 11.6 Å². The number of carbonyl (C=O) groups is 1. The van der Waals surface area contributed by atoms with Gasteiger partial charge in [0.25, 0.3) is 0 Å². The van der Waals surface area contributed by atoms with Crippen LogP contribution in [-0.2, 0) is 0 Å². The van der Waals surface area contributed by atoms with Crippen LogP contribution in [-0.4, -0.2) is 43.4 Å². The molecule has 4 nitrogen and oxygen atoms in total. The Morgan fingerprint density at radius 1 is 1.08 bits per heavy atom. The van der Waals surface area contributed by atoms with Gasteiger partial charge < -0.3 is 15.1 Å². The maximum atomic E-state index is 13.7. The molecule has 0 atom stereocenters. The van der Waals surface area contributed by atoms with E-state index in [1.165, 1.54) is 4.90 Å². The molecule has 1 aliphatic rings. The van der Waals surface area contributed by atoms with E-state index in [1.54, 1.807) is 16.7 Å². The standard InChI is InChI=1S/C18H19F2N3OS/c1-25-17-5-3-2-4-16(17)22-8-10-23(11-9-22)18(24)21-15-12-13(19)6-7-14(15)20/h2-7,12H,8-11H2,1H3,(H,21,24). The Kier molecular flexibility index (Phi) is 5.43. The summed E-state index contributed by atoms with van der Waals surface area (Å²) < 4.78 is 26.9. The average molecular weight is 363 g/mol. The van der Waals surface area contributed by atoms with Gasteiger partial charge in [-0.15, -0.1) is 11.8 Å². The van der Waals surface area contributed by atoms with E-state index in [-0.39, 0.29) is 5.69 Å². The number of hydrogen-bond acceptors (Lipinski definition) is 3. The summed E-state index contributed by atoms with van der Waals surface area (Å²) in [6, 6.07) is 10.7. The predicted octanol–water partition coefficient (Wildman–Crippen LogP) is 4.04. The van der Waals surface area contributed by atoms with E-state index in [0.717, 1.165) is 23.9 Å². The van der Waals surface area contributed by atoms with Gasteiger partial charge in [0.15, 0.2) is 0 Å². The van der Waals surface area contributed by atoms with Crippen molar-refractivity contribution in [1.82, 2.24) is 4.90 Å². The SMILES string of the molecule is CSc1ccccc1N1CCN(C(=O)Nc2cc(F)ccc2F)CC1. The molecule has 3 rings (SSSR count). The Hall–Kier alpha value is -2.28. The molecule has 25 heavy (non-hydrogen) atoms. The number of benzene rings is 2. The van der Waals surface area contributed by atoms with E-state index in [0.29, 0.717) is 26.2 Å². The molecule has 132 valence electrons. The lowest BCUT2D eigenvalue weighted by molar-refractivity contribution is 0.208. The molecular weight excluding hydrogens is 344 g/mol. The van der Waals surface area contributed by atoms with Crippen LogP contribution >= 0.6 is 11.8 Å². The number of nitrogens with zero attached hydrogens (tertiary/aromatic N) is 2. The maximum absolute atomic E-state index is 13.7. The molecule has 0 spiro atoms. The number of urea groups is 1. The second kappa shape index (κ2) is 7.74. The van der Waals surface area contributed by atoms with Crippen molar-refractivity contribution in [2.45, 2.75) is 4.90 Å². The summed E-state index contributed by atoms with van der Waals surface area (Å²) >= 11 is 1.69. The minimum atomic E-state index is -0.651. The van der Waals surface area contributed by atoms with Crippen molar-refractivity contribution < 1.29 is 13.6 Å². The molecule has 0 aromatic heterocycles. The van der Waals surface area contributed by atoms with Gasteiger partial charge in [0.2, 0.25) is 0 Å². The van der Waals surface area contributed by atoms with E-state index in [4.69, 9.17) is 0 Å². The minimum absolute atomic E-state index is 0.139. The normalized spacial score (nSPS) is 14.5. The fourth-order valence-electron chi connectivity index (χ4n) is 2.83. The highest BCUT2D eigenvalue weighted by Gasteiger charge is 2.23. The van der Waals surface area contributed by atoms with Crippen LogP contribution in [0.5, 0.6) is 0 Å². The molecule has 2 aromatic rings. The summed E-state index contributed by atoms with van der Waals surface area (Å²) in [4.78, 5) is 17.3. The molecule has 0 aliphatic carbocycles. The zero-order chi connectivity index (χ0) is 17.8. The lowest BCUT2D eigenvalue weighted by atomic mass is 10.2. The summed E-state index contributed by atoms with van der Waals surface area (Å²) in [5.74, 6) is -1.24. The van der Waals surface area contributed by atoms with Gasteiger partial charge in [0, 0.05) is 37.1 Å². The van der Waals surface area contributed by atoms with Crippen LogP contribution in [0.3, 0.4) is 0 Å². The van der Waals surface area contributed by atoms with Crippen LogP contribution in [0.2, 0.25) is 0 Å². The fourth-order valence-corrected chi connectivity index (χ4v) is 3.45. The Labute approximate surface area is 149 Å². The smallest absolute Gasteiger partial charge is 0.322 e. The molecule has 1 heterocycles. The van der Waals surface area contributed by atoms with Crippen molar-refractivity contribution >= 4 is 29.2 Å². The predicted molar refractivity (Wildman–Crippen MR) is 97.4 cm³/mol. The topological polar surface area (TPSA) is 35.6 Å². The first kappa shape index (κ1) is 17.5. The highest BCUT2D eigenvalue weighted by molar-refractivity contribution is 7.98. The van der Waals surface area contributed by atoms with Crippen LogP contribution < -0.4 is 10.2 Å². The number of rotatable bonds is 3. The van der Waals surface area contributed by atoms with E-state index in [9.17, 15) is 13.6 Å². The molecule has 0 bridgehead atoms. The number of nitrogens with one attached hydrogen (secondary N) is 1. The number of hydrogen-bond donors (Lipinski definition) is 1. The largest absolute Gasteiger partial charge is 0.367 e. The van der Waals surface area contributed by atoms with Crippen LogP contribution in [0.4, 0.5) is 25.0 Å². The minimum Gasteiger partial charge on any atom is -0.367 e. The van der Waals surface area contributed by atoms with Gasteiger partial charge in [0.1, 0.15) is 11.6 Å². The molecule has 1 fully saturated rings. The van der Waals surface area contributed by atoms with Crippen LogP contribution in [0.15, 0.2) is 47.4 Å². The van der Waals surface area contributed by atoms with Gasteiger partial charge in [0.05, 0.1) is 11.4 Å². The maximum Gasteiger partial charge on any atom is 0.322 e. The first-order chi connectivity index (χ1) is 12.1. The summed E-state index contributed by atoms with van der Waals surface area (Å²) in [6.07, 6.45) is 2.04. The fraction of sp³-hybridized carbons (Fsp3) is 0.278. The first-order valence-electron chi connectivity index (χ1n) is 7.97. The number of anilines is 2. The lowest BCUT2D eigenvalue weighted by Gasteiger charge is -2.36. The number of halogens is 2. The summed E-state index contributed by atoms with van der Waals surface area (Å²) in [7, 11) is 0. The van der Waals surface area contributed by atoms with E-state index < -0.39 is 17.7 Å². The third-order valence-corrected chi connectivity index (χ3v) is 4.95. The van der Waals surface area contributed by atoms with Crippen molar-refractivity contribution in [2.75, 3.05) is 42.7 Å². The number of thioether (sulfide) groups is 1. The van der Waals surface area contributed by atoms with Crippen molar-refractivity contribution in [2.24, 2.45) is 0 Å². The van der Waals surface area contributed by atoms with Gasteiger partial charge in [-0.3, -0.25) is 0 Å². The van der Waals surface area contributed by atoms with Crippen LogP contribution in [0.1, 0.15) is 0 Å². The van der Waals surface area contributed by atoms with Crippen LogP contribution in [0.25, 0.3) is 0 Å². The number of para-hydroxylation sites is 1. The van der Waals surface area contributed by atoms with Crippen molar-refractivity contribution in [3.63, 3.8) is 0 Å². The Morgan fingerprint density at radius 3 is 2.52 bits per heavy atom. The van der Waals surface area contributed by atoms with Gasteiger partial charge in [-0.2, -0.15) is 0 Å². The average Bonchev–Trinajstić information content (AvgIpc) is 2.64. The zero-order valence-corrected chi connectivity index (χ0v) is 14.7. The van der Waals surface area contributed by atoms with E-state index >= 15 is 0 Å². The van der Waals surface area contributed by atoms with Gasteiger partial charge in [-0.25, -0.2) is 13.6 Å². The third-order valence-electron chi connectivity index (χ3n) is 4.16. The third kappa shape index (κ3) is 4.04. The molecule has 7 heteroatoms. The number of piperazine rings is 1. The van der Waals surface area contributed by atoms with Crippen molar-refractivity contribution in [1.29, 1.82) is 0 Å². The Balaban J connectivity index is 1.62. The molecule has 0 radical (unpaired) electrons. The highest BCUT2D eigenvalue weighted by Crippen LogP contribution is 2.29. The van der Waals surface area contributed by atoms with Gasteiger partial charge in [-0.05, 0) is 30.5 Å². The van der Waals surface area contributed by atoms with Crippen molar-refractivity contribution in [3.8, 4) is 0 Å².